The Morgan fingerprint density at radius 2 is 2.00 bits per heavy atom. The van der Waals surface area contributed by atoms with Crippen molar-refractivity contribution in [1.29, 1.82) is 0 Å². The Balaban J connectivity index is 2.23. The highest BCUT2D eigenvalue weighted by molar-refractivity contribution is 6.30. The van der Waals surface area contributed by atoms with Gasteiger partial charge in [-0.3, -0.25) is 0 Å². The average Bonchev–Trinajstić information content (AvgIpc) is 2.74. The molecule has 3 heteroatoms. The second-order valence-electron chi connectivity index (χ2n) is 4.24. The second kappa shape index (κ2) is 4.50. The van der Waals surface area contributed by atoms with Crippen LogP contribution in [0.2, 0.25) is 5.02 Å². The van der Waals surface area contributed by atoms with E-state index in [1.54, 1.807) is 12.1 Å². The molecule has 0 unspecified atom stereocenters. The van der Waals surface area contributed by atoms with E-state index < -0.39 is 0 Å². The molecular weight excluding hydrogens is 213 g/mol. The molecule has 1 aliphatic carbocycles. The summed E-state index contributed by atoms with van der Waals surface area (Å²) in [5.41, 5.74) is 6.64. The Labute approximate surface area is 94.4 Å². The Kier molecular flexibility index (Phi) is 3.27. The van der Waals surface area contributed by atoms with Crippen LogP contribution < -0.4 is 5.73 Å². The van der Waals surface area contributed by atoms with Crippen LogP contribution in [-0.2, 0) is 0 Å². The van der Waals surface area contributed by atoms with Crippen molar-refractivity contribution in [1.82, 2.24) is 0 Å². The van der Waals surface area contributed by atoms with E-state index >= 15 is 0 Å². The smallest absolute Gasteiger partial charge is 0.128 e. The van der Waals surface area contributed by atoms with Crippen molar-refractivity contribution >= 4 is 11.6 Å². The van der Waals surface area contributed by atoms with Gasteiger partial charge in [-0.25, -0.2) is 4.39 Å². The lowest BCUT2D eigenvalue weighted by Gasteiger charge is -2.19. The number of hydrogen-bond donors (Lipinski definition) is 1. The van der Waals surface area contributed by atoms with E-state index in [2.05, 4.69) is 0 Å². The van der Waals surface area contributed by atoms with Gasteiger partial charge in [-0.1, -0.05) is 24.4 Å². The van der Waals surface area contributed by atoms with E-state index in [9.17, 15) is 4.39 Å². The lowest BCUT2D eigenvalue weighted by molar-refractivity contribution is 0.429. The molecule has 1 aromatic carbocycles. The molecule has 2 rings (SSSR count). The average molecular weight is 228 g/mol. The molecule has 1 aliphatic rings. The summed E-state index contributed by atoms with van der Waals surface area (Å²) in [7, 11) is 0. The predicted octanol–water partition coefficient (Wildman–Crippen LogP) is 3.67. The number of rotatable bonds is 2. The van der Waals surface area contributed by atoms with Crippen molar-refractivity contribution in [3.05, 3.63) is 34.6 Å². The quantitative estimate of drug-likeness (QED) is 0.820. The minimum atomic E-state index is -0.237. The summed E-state index contributed by atoms with van der Waals surface area (Å²) < 4.78 is 13.5. The van der Waals surface area contributed by atoms with Gasteiger partial charge in [0, 0.05) is 16.6 Å². The molecule has 82 valence electrons. The molecule has 1 atom stereocenters. The van der Waals surface area contributed by atoms with E-state index in [4.69, 9.17) is 17.3 Å². The maximum absolute atomic E-state index is 13.5. The molecule has 0 radical (unpaired) electrons. The van der Waals surface area contributed by atoms with E-state index in [-0.39, 0.29) is 11.9 Å². The monoisotopic (exact) mass is 227 g/mol. The fourth-order valence-electron chi connectivity index (χ4n) is 2.34. The van der Waals surface area contributed by atoms with Crippen molar-refractivity contribution in [2.75, 3.05) is 0 Å². The van der Waals surface area contributed by atoms with Gasteiger partial charge in [0.15, 0.2) is 0 Å². The highest BCUT2D eigenvalue weighted by Crippen LogP contribution is 2.35. The minimum Gasteiger partial charge on any atom is -0.324 e. The van der Waals surface area contributed by atoms with Crippen molar-refractivity contribution < 1.29 is 4.39 Å². The highest BCUT2D eigenvalue weighted by atomic mass is 35.5. The van der Waals surface area contributed by atoms with Crippen molar-refractivity contribution in [2.45, 2.75) is 31.7 Å². The van der Waals surface area contributed by atoms with Crippen LogP contribution in [-0.4, -0.2) is 0 Å². The van der Waals surface area contributed by atoms with Crippen LogP contribution >= 0.6 is 11.6 Å². The van der Waals surface area contributed by atoms with Gasteiger partial charge in [0.1, 0.15) is 5.82 Å². The Bertz CT molecular complexity index is 347. The first-order valence-corrected chi connectivity index (χ1v) is 5.77. The van der Waals surface area contributed by atoms with E-state index in [1.165, 1.54) is 18.9 Å². The topological polar surface area (TPSA) is 26.0 Å². The van der Waals surface area contributed by atoms with Crippen LogP contribution in [0.5, 0.6) is 0 Å². The van der Waals surface area contributed by atoms with Crippen LogP contribution in [0, 0.1) is 11.7 Å². The molecule has 0 bridgehead atoms. The van der Waals surface area contributed by atoms with Crippen molar-refractivity contribution in [3.63, 3.8) is 0 Å². The fraction of sp³-hybridized carbons (Fsp3) is 0.500. The minimum absolute atomic E-state index is 0.203. The molecule has 1 aromatic rings. The third-order valence-electron chi connectivity index (χ3n) is 3.22. The van der Waals surface area contributed by atoms with E-state index in [0.29, 0.717) is 16.5 Å². The maximum Gasteiger partial charge on any atom is 0.128 e. The standard InChI is InChI=1S/C12H15ClFN/c13-9-5-6-11(14)10(7-9)12(15)8-3-1-2-4-8/h5-8,12H,1-4,15H2/t12-/m0/s1. The number of hydrogen-bond acceptors (Lipinski definition) is 1. The van der Waals surface area contributed by atoms with Crippen LogP contribution in [0.25, 0.3) is 0 Å². The summed E-state index contributed by atoms with van der Waals surface area (Å²) in [4.78, 5) is 0. The number of benzene rings is 1. The molecule has 0 spiro atoms. The zero-order valence-corrected chi connectivity index (χ0v) is 9.30. The summed E-state index contributed by atoms with van der Waals surface area (Å²) in [6.45, 7) is 0. The van der Waals surface area contributed by atoms with E-state index in [0.717, 1.165) is 12.8 Å². The summed E-state index contributed by atoms with van der Waals surface area (Å²) in [5, 5.41) is 0.555. The third-order valence-corrected chi connectivity index (χ3v) is 3.46. The van der Waals surface area contributed by atoms with Gasteiger partial charge in [0.25, 0.3) is 0 Å². The summed E-state index contributed by atoms with van der Waals surface area (Å²) >= 11 is 5.85. The molecule has 0 aliphatic heterocycles. The SMILES string of the molecule is N[C@H](c1cc(Cl)ccc1F)C1CCCC1. The van der Waals surface area contributed by atoms with Crippen LogP contribution in [0.3, 0.4) is 0 Å². The Hall–Kier alpha value is -0.600. The fourth-order valence-corrected chi connectivity index (χ4v) is 2.52. The van der Waals surface area contributed by atoms with Gasteiger partial charge in [-0.05, 0) is 37.0 Å². The molecule has 0 amide bonds. The van der Waals surface area contributed by atoms with Crippen molar-refractivity contribution in [2.24, 2.45) is 11.7 Å². The molecule has 0 heterocycles. The van der Waals surface area contributed by atoms with Gasteiger partial charge in [0.2, 0.25) is 0 Å². The maximum atomic E-state index is 13.5. The summed E-state index contributed by atoms with van der Waals surface area (Å²) in [6, 6.07) is 4.40. The molecule has 1 nitrogen and oxygen atoms in total. The van der Waals surface area contributed by atoms with Gasteiger partial charge >= 0.3 is 0 Å². The van der Waals surface area contributed by atoms with Crippen molar-refractivity contribution in [3.8, 4) is 0 Å². The van der Waals surface area contributed by atoms with Crippen LogP contribution in [0.15, 0.2) is 18.2 Å². The first kappa shape index (κ1) is 10.9. The van der Waals surface area contributed by atoms with Crippen LogP contribution in [0.1, 0.15) is 37.3 Å². The predicted molar refractivity (Wildman–Crippen MR) is 60.3 cm³/mol. The Morgan fingerprint density at radius 3 is 2.67 bits per heavy atom. The van der Waals surface area contributed by atoms with Gasteiger partial charge in [0.05, 0.1) is 0 Å². The largest absolute Gasteiger partial charge is 0.324 e. The van der Waals surface area contributed by atoms with Gasteiger partial charge in [-0.2, -0.15) is 0 Å². The lowest BCUT2D eigenvalue weighted by Crippen LogP contribution is -2.20. The zero-order valence-electron chi connectivity index (χ0n) is 8.55. The molecule has 0 aromatic heterocycles. The summed E-state index contributed by atoms with van der Waals surface area (Å²) in [5.74, 6) is 0.178. The van der Waals surface area contributed by atoms with Crippen LogP contribution in [0.4, 0.5) is 4.39 Å². The molecule has 1 saturated carbocycles. The molecule has 15 heavy (non-hydrogen) atoms. The molecular formula is C12H15ClFN. The number of nitrogens with two attached hydrogens (primary N) is 1. The first-order chi connectivity index (χ1) is 7.18. The second-order valence-corrected chi connectivity index (χ2v) is 4.67. The van der Waals surface area contributed by atoms with Gasteiger partial charge < -0.3 is 5.73 Å². The molecule has 2 N–H and O–H groups in total. The summed E-state index contributed by atoms with van der Waals surface area (Å²) in [6.07, 6.45) is 4.63. The third kappa shape index (κ3) is 2.32. The first-order valence-electron chi connectivity index (χ1n) is 5.39. The zero-order chi connectivity index (χ0) is 10.8. The normalized spacial score (nSPS) is 19.4. The highest BCUT2D eigenvalue weighted by Gasteiger charge is 2.25. The number of halogens is 2. The van der Waals surface area contributed by atoms with E-state index in [1.807, 2.05) is 0 Å². The van der Waals surface area contributed by atoms with Gasteiger partial charge in [-0.15, -0.1) is 0 Å². The Morgan fingerprint density at radius 1 is 1.33 bits per heavy atom. The molecule has 0 saturated heterocycles. The lowest BCUT2D eigenvalue weighted by atomic mass is 9.92. The molecule has 1 fully saturated rings.